The maximum atomic E-state index is 14.7. The summed E-state index contributed by atoms with van der Waals surface area (Å²) in [5.41, 5.74) is 15.5. The molecule has 0 fully saturated rings. The van der Waals surface area contributed by atoms with Crippen molar-refractivity contribution in [2.24, 2.45) is 15.8 Å². The van der Waals surface area contributed by atoms with Crippen LogP contribution in [0.5, 0.6) is 17.2 Å². The van der Waals surface area contributed by atoms with Gasteiger partial charge in [-0.05, 0) is 36.2 Å². The first-order chi connectivity index (χ1) is 12.6. The van der Waals surface area contributed by atoms with Gasteiger partial charge in [0.1, 0.15) is 17.0 Å². The molecule has 2 heterocycles. The number of halogens is 1. The summed E-state index contributed by atoms with van der Waals surface area (Å²) < 4.78 is 25.7. The van der Waals surface area contributed by atoms with Gasteiger partial charge in [-0.15, -0.1) is 0 Å². The summed E-state index contributed by atoms with van der Waals surface area (Å²) in [6.45, 7) is 0. The summed E-state index contributed by atoms with van der Waals surface area (Å²) in [7, 11) is 1.47. The lowest BCUT2D eigenvalue weighted by molar-refractivity contribution is 0.359. The van der Waals surface area contributed by atoms with E-state index in [1.807, 2.05) is 0 Å². The van der Waals surface area contributed by atoms with Gasteiger partial charge in [-0.2, -0.15) is 0 Å². The summed E-state index contributed by atoms with van der Waals surface area (Å²) in [5.74, 6) is 1.11. The Hall–Kier alpha value is -2.90. The van der Waals surface area contributed by atoms with Gasteiger partial charge in [-0.25, -0.2) is 9.38 Å². The number of hydrogen-bond donors (Lipinski definition) is 1. The number of nitrogens with two attached hydrogens (primary N) is 1. The number of benzene rings is 2. The van der Waals surface area contributed by atoms with Gasteiger partial charge >= 0.3 is 0 Å². The second-order valence-electron chi connectivity index (χ2n) is 5.87. The van der Waals surface area contributed by atoms with E-state index < -0.39 is 11.4 Å². The monoisotopic (exact) mass is 371 g/mol. The summed E-state index contributed by atoms with van der Waals surface area (Å²) in [5, 5.41) is 4.07. The third-order valence-corrected chi connectivity index (χ3v) is 5.29. The number of nitrogens with zero attached hydrogens (tertiary/aromatic N) is 4. The molecule has 0 aliphatic carbocycles. The van der Waals surface area contributed by atoms with E-state index in [1.165, 1.54) is 24.9 Å². The molecule has 4 rings (SSSR count). The average molecular weight is 371 g/mol. The van der Waals surface area contributed by atoms with Crippen LogP contribution in [-0.4, -0.2) is 18.0 Å². The van der Waals surface area contributed by atoms with E-state index in [9.17, 15) is 4.39 Å². The first-order valence-electron chi connectivity index (χ1n) is 7.81. The maximum Gasteiger partial charge on any atom is 0.169 e. The molecular weight excluding hydrogens is 357 g/mol. The highest BCUT2D eigenvalue weighted by Gasteiger charge is 2.45. The predicted octanol–water partition coefficient (Wildman–Crippen LogP) is 4.58. The summed E-state index contributed by atoms with van der Waals surface area (Å²) in [6.07, 6.45) is 0.591. The van der Waals surface area contributed by atoms with Crippen LogP contribution in [-0.2, 0) is 5.54 Å². The minimum Gasteiger partial charge on any atom is -0.497 e. The second kappa shape index (κ2) is 6.12. The third kappa shape index (κ3) is 2.44. The zero-order valence-corrected chi connectivity index (χ0v) is 14.6. The van der Waals surface area contributed by atoms with Crippen molar-refractivity contribution in [2.75, 3.05) is 12.9 Å². The lowest BCUT2D eigenvalue weighted by atomic mass is 9.78. The molecule has 2 aliphatic heterocycles. The van der Waals surface area contributed by atoms with Crippen LogP contribution in [0, 0.1) is 5.82 Å². The number of rotatable bonds is 2. The van der Waals surface area contributed by atoms with Gasteiger partial charge in [0.2, 0.25) is 0 Å². The van der Waals surface area contributed by atoms with E-state index in [2.05, 4.69) is 10.0 Å². The highest BCUT2D eigenvalue weighted by atomic mass is 32.2. The van der Waals surface area contributed by atoms with Gasteiger partial charge in [-0.1, -0.05) is 16.9 Å². The van der Waals surface area contributed by atoms with Crippen LogP contribution in [0.4, 0.5) is 10.1 Å². The largest absolute Gasteiger partial charge is 0.497 e. The Balaban J connectivity index is 2.05. The van der Waals surface area contributed by atoms with Gasteiger partial charge < -0.3 is 15.2 Å². The fourth-order valence-corrected chi connectivity index (χ4v) is 4.19. The van der Waals surface area contributed by atoms with Gasteiger partial charge in [0.15, 0.2) is 16.7 Å². The van der Waals surface area contributed by atoms with Crippen molar-refractivity contribution < 1.29 is 13.9 Å². The Morgan fingerprint density at radius 2 is 2.23 bits per heavy atom. The Morgan fingerprint density at radius 3 is 2.96 bits per heavy atom. The number of fused-ring (bicyclic) bond motifs is 4. The van der Waals surface area contributed by atoms with Gasteiger partial charge in [-0.3, -0.25) is 0 Å². The zero-order valence-electron chi connectivity index (χ0n) is 13.8. The molecule has 2 aromatic carbocycles. The SMILES string of the molecule is COc1cc(F)c2c(c1)[C@]1(CCSC(N)=N1)c1cc(N=[N+]=[N-])ccc1O2. The molecule has 0 saturated heterocycles. The molecule has 2 N–H and O–H groups in total. The van der Waals surface area contributed by atoms with Crippen molar-refractivity contribution in [1.82, 2.24) is 0 Å². The van der Waals surface area contributed by atoms with Crippen molar-refractivity contribution in [3.8, 4) is 17.2 Å². The number of ether oxygens (including phenoxy) is 2. The van der Waals surface area contributed by atoms with Crippen LogP contribution < -0.4 is 15.2 Å². The number of azide groups is 1. The lowest BCUT2D eigenvalue weighted by Gasteiger charge is -2.39. The first kappa shape index (κ1) is 16.6. The van der Waals surface area contributed by atoms with Gasteiger partial charge in [0.25, 0.3) is 0 Å². The molecule has 132 valence electrons. The number of methoxy groups -OCH3 is 1. The van der Waals surface area contributed by atoms with Gasteiger partial charge in [0.05, 0.1) is 7.11 Å². The van der Waals surface area contributed by atoms with Crippen molar-refractivity contribution >= 4 is 22.6 Å². The van der Waals surface area contributed by atoms with Crippen LogP contribution >= 0.6 is 11.8 Å². The first-order valence-corrected chi connectivity index (χ1v) is 8.79. The molecule has 26 heavy (non-hydrogen) atoms. The highest BCUT2D eigenvalue weighted by Crippen LogP contribution is 2.55. The fourth-order valence-electron chi connectivity index (χ4n) is 3.37. The normalized spacial score (nSPS) is 20.3. The van der Waals surface area contributed by atoms with Gasteiger partial charge in [0, 0.05) is 33.5 Å². The molecule has 0 bridgehead atoms. The predicted molar refractivity (Wildman–Crippen MR) is 97.8 cm³/mol. The Kier molecular flexibility index (Phi) is 3.90. The molecule has 2 aliphatic rings. The molecule has 0 saturated carbocycles. The Labute approximate surface area is 152 Å². The Bertz CT molecular complexity index is 989. The molecule has 2 aromatic rings. The van der Waals surface area contributed by atoms with Crippen molar-refractivity contribution in [3.63, 3.8) is 0 Å². The topological polar surface area (TPSA) is 106 Å². The Morgan fingerprint density at radius 1 is 1.38 bits per heavy atom. The number of aliphatic imine (C=N–C) groups is 1. The van der Waals surface area contributed by atoms with Crippen molar-refractivity contribution in [1.29, 1.82) is 0 Å². The maximum absolute atomic E-state index is 14.7. The van der Waals surface area contributed by atoms with E-state index in [-0.39, 0.29) is 5.75 Å². The number of thioether (sulfide) groups is 1. The van der Waals surface area contributed by atoms with E-state index in [1.54, 1.807) is 24.3 Å². The molecule has 0 aromatic heterocycles. The van der Waals surface area contributed by atoms with Crippen molar-refractivity contribution in [2.45, 2.75) is 12.0 Å². The van der Waals surface area contributed by atoms with Crippen LogP contribution in [0.25, 0.3) is 10.4 Å². The smallest absolute Gasteiger partial charge is 0.169 e. The molecule has 9 heteroatoms. The van der Waals surface area contributed by atoms with Crippen LogP contribution in [0.3, 0.4) is 0 Å². The standard InChI is InChI=1S/C17H14FN5O2S/c1-24-10-7-12-15(13(18)8-10)25-14-3-2-9(22-23-20)6-11(14)17(12)4-5-26-16(19)21-17/h2-3,6-8H,4-5H2,1H3,(H2,19,21)/t17-/m0/s1. The van der Waals surface area contributed by atoms with E-state index in [0.29, 0.717) is 45.7 Å². The number of amidine groups is 1. The fraction of sp³-hybridized carbons (Fsp3) is 0.235. The lowest BCUT2D eigenvalue weighted by Crippen LogP contribution is -2.35. The van der Waals surface area contributed by atoms with Crippen molar-refractivity contribution in [3.05, 3.63) is 57.7 Å². The third-order valence-electron chi connectivity index (χ3n) is 4.49. The molecular formula is C17H14FN5O2S. The van der Waals surface area contributed by atoms with E-state index >= 15 is 0 Å². The quantitative estimate of drug-likeness (QED) is 0.474. The minimum atomic E-state index is -0.922. The van der Waals surface area contributed by atoms with Crippen LogP contribution in [0.2, 0.25) is 0 Å². The highest BCUT2D eigenvalue weighted by molar-refractivity contribution is 8.13. The molecule has 0 radical (unpaired) electrons. The minimum absolute atomic E-state index is 0.110. The molecule has 7 nitrogen and oxygen atoms in total. The van der Waals surface area contributed by atoms with Crippen LogP contribution in [0.1, 0.15) is 17.5 Å². The van der Waals surface area contributed by atoms with Crippen LogP contribution in [0.15, 0.2) is 40.4 Å². The molecule has 1 atom stereocenters. The van der Waals surface area contributed by atoms with E-state index in [0.717, 1.165) is 0 Å². The summed E-state index contributed by atoms with van der Waals surface area (Å²) in [6, 6.07) is 7.97. The summed E-state index contributed by atoms with van der Waals surface area (Å²) >= 11 is 1.44. The average Bonchev–Trinajstić information content (AvgIpc) is 2.63. The van der Waals surface area contributed by atoms with E-state index in [4.69, 9.17) is 25.7 Å². The number of hydrogen-bond acceptors (Lipinski definition) is 6. The molecule has 0 amide bonds. The zero-order chi connectivity index (χ0) is 18.3. The molecule has 0 unspecified atom stereocenters. The summed E-state index contributed by atoms with van der Waals surface area (Å²) in [4.78, 5) is 7.52. The second-order valence-corrected chi connectivity index (χ2v) is 6.98. The molecule has 1 spiro atoms.